The Labute approximate surface area is 231 Å². The average Bonchev–Trinajstić information content (AvgIpc) is 3.41. The van der Waals surface area contributed by atoms with Crippen molar-refractivity contribution >= 4 is 17.5 Å². The summed E-state index contributed by atoms with van der Waals surface area (Å²) < 4.78 is 19.0. The van der Waals surface area contributed by atoms with Crippen LogP contribution in [0.25, 0.3) is 0 Å². The van der Waals surface area contributed by atoms with Crippen LogP contribution in [0.15, 0.2) is 23.8 Å². The lowest BCUT2D eigenvalue weighted by atomic mass is 9.46. The molecule has 6 rings (SSSR count). The fourth-order valence-corrected chi connectivity index (χ4v) is 9.62. The van der Waals surface area contributed by atoms with Crippen LogP contribution in [0.5, 0.6) is 0 Å². The van der Waals surface area contributed by atoms with Crippen molar-refractivity contribution in [2.24, 2.45) is 40.4 Å². The Morgan fingerprint density at radius 2 is 1.90 bits per heavy atom. The molecule has 3 unspecified atom stereocenters. The Morgan fingerprint density at radius 1 is 1.15 bits per heavy atom. The van der Waals surface area contributed by atoms with Gasteiger partial charge in [-0.15, -0.1) is 0 Å². The summed E-state index contributed by atoms with van der Waals surface area (Å²) in [5.74, 6) is -0.471. The number of esters is 1. The number of fused-ring (bicyclic) bond motifs is 7. The van der Waals surface area contributed by atoms with Crippen LogP contribution in [-0.2, 0) is 28.6 Å². The summed E-state index contributed by atoms with van der Waals surface area (Å²) >= 11 is 0. The van der Waals surface area contributed by atoms with Gasteiger partial charge in [-0.25, -0.2) is 0 Å². The predicted molar refractivity (Wildman–Crippen MR) is 143 cm³/mol. The molecule has 1 N–H and O–H groups in total. The lowest BCUT2D eigenvalue weighted by Crippen LogP contribution is -2.63. The zero-order chi connectivity index (χ0) is 27.7. The van der Waals surface area contributed by atoms with Gasteiger partial charge in [0.1, 0.15) is 0 Å². The van der Waals surface area contributed by atoms with Crippen LogP contribution in [0.3, 0.4) is 0 Å². The van der Waals surface area contributed by atoms with Crippen molar-refractivity contribution in [3.63, 3.8) is 0 Å². The van der Waals surface area contributed by atoms with Crippen molar-refractivity contribution in [1.82, 2.24) is 0 Å². The number of allylic oxidation sites excluding steroid dienone is 4. The maximum Gasteiger partial charge on any atom is 0.308 e. The molecule has 214 valence electrons. The SMILES string of the molecule is CC(C)C(=O)OCC(=O)[C@@]12O[C@@H](C3CCCCC3)O[C@@H]1CC1C3CCC4=CC(=O)C=C[C@]4(C)C3[C@@H](O)C[C@@]12C. The minimum atomic E-state index is -1.25. The molecule has 9 atom stereocenters. The molecule has 0 aromatic heterocycles. The Morgan fingerprint density at radius 3 is 2.62 bits per heavy atom. The van der Waals surface area contributed by atoms with Crippen molar-refractivity contribution in [1.29, 1.82) is 0 Å². The molecule has 5 aliphatic carbocycles. The zero-order valence-electron chi connectivity index (χ0n) is 23.8. The number of carbonyl (C=O) groups excluding carboxylic acids is 3. The summed E-state index contributed by atoms with van der Waals surface area (Å²) in [4.78, 5) is 38.7. The summed E-state index contributed by atoms with van der Waals surface area (Å²) in [6.45, 7) is 7.44. The van der Waals surface area contributed by atoms with Crippen molar-refractivity contribution in [3.05, 3.63) is 23.8 Å². The third kappa shape index (κ3) is 3.97. The lowest BCUT2D eigenvalue weighted by Gasteiger charge is -2.59. The first kappa shape index (κ1) is 27.3. The van der Waals surface area contributed by atoms with Crippen LogP contribution in [0, 0.1) is 40.4 Å². The first-order valence-corrected chi connectivity index (χ1v) is 15.2. The highest BCUT2D eigenvalue weighted by Crippen LogP contribution is 2.70. The smallest absolute Gasteiger partial charge is 0.308 e. The number of hydrogen-bond donors (Lipinski definition) is 1. The molecule has 0 aromatic rings. The monoisotopic (exact) mass is 540 g/mol. The highest BCUT2D eigenvalue weighted by molar-refractivity contribution is 6.01. The van der Waals surface area contributed by atoms with Gasteiger partial charge < -0.3 is 19.3 Å². The maximum atomic E-state index is 14.2. The van der Waals surface area contributed by atoms with E-state index in [0.717, 1.165) is 44.1 Å². The first-order chi connectivity index (χ1) is 18.5. The summed E-state index contributed by atoms with van der Waals surface area (Å²) in [7, 11) is 0. The topological polar surface area (TPSA) is 99.1 Å². The van der Waals surface area contributed by atoms with Gasteiger partial charge in [0, 0.05) is 22.7 Å². The van der Waals surface area contributed by atoms with E-state index in [4.69, 9.17) is 14.2 Å². The summed E-state index contributed by atoms with van der Waals surface area (Å²) in [6, 6.07) is 0. The van der Waals surface area contributed by atoms with Gasteiger partial charge in [-0.3, -0.25) is 14.4 Å². The van der Waals surface area contributed by atoms with Crippen LogP contribution in [0.4, 0.5) is 0 Å². The van der Waals surface area contributed by atoms with Gasteiger partial charge in [-0.05, 0) is 62.5 Å². The van der Waals surface area contributed by atoms with E-state index in [9.17, 15) is 19.5 Å². The molecule has 7 nitrogen and oxygen atoms in total. The predicted octanol–water partition coefficient (Wildman–Crippen LogP) is 4.70. The number of hydrogen-bond acceptors (Lipinski definition) is 7. The fourth-order valence-electron chi connectivity index (χ4n) is 9.62. The average molecular weight is 541 g/mol. The Kier molecular flexibility index (Phi) is 6.75. The number of aliphatic hydroxyl groups is 1. The zero-order valence-corrected chi connectivity index (χ0v) is 23.8. The Bertz CT molecular complexity index is 1100. The lowest BCUT2D eigenvalue weighted by molar-refractivity contribution is -0.210. The van der Waals surface area contributed by atoms with Gasteiger partial charge in [-0.1, -0.05) is 58.6 Å². The van der Waals surface area contributed by atoms with Crippen LogP contribution in [0.1, 0.15) is 85.5 Å². The molecule has 0 spiro atoms. The second kappa shape index (κ2) is 9.63. The number of aliphatic hydroxyl groups excluding tert-OH is 1. The molecular weight excluding hydrogens is 496 g/mol. The molecule has 1 saturated heterocycles. The molecule has 0 amide bonds. The molecule has 1 aliphatic heterocycles. The molecule has 5 fully saturated rings. The van der Waals surface area contributed by atoms with Crippen molar-refractivity contribution in [2.75, 3.05) is 6.61 Å². The summed E-state index contributed by atoms with van der Waals surface area (Å²) in [5.41, 5.74) is -1.19. The second-order valence-electron chi connectivity index (χ2n) is 13.9. The van der Waals surface area contributed by atoms with Gasteiger partial charge >= 0.3 is 5.97 Å². The van der Waals surface area contributed by atoms with E-state index in [1.54, 1.807) is 26.0 Å². The van der Waals surface area contributed by atoms with E-state index in [1.807, 2.05) is 6.08 Å². The number of carbonyl (C=O) groups is 3. The molecular formula is C32H44O7. The molecule has 4 saturated carbocycles. The largest absolute Gasteiger partial charge is 0.457 e. The Balaban J connectivity index is 1.35. The van der Waals surface area contributed by atoms with E-state index in [0.29, 0.717) is 12.8 Å². The highest BCUT2D eigenvalue weighted by atomic mass is 16.7. The molecule has 0 aromatic carbocycles. The first-order valence-electron chi connectivity index (χ1n) is 15.2. The van der Waals surface area contributed by atoms with Crippen molar-refractivity contribution in [3.8, 4) is 0 Å². The van der Waals surface area contributed by atoms with Crippen LogP contribution < -0.4 is 0 Å². The van der Waals surface area contributed by atoms with E-state index < -0.39 is 35.5 Å². The van der Waals surface area contributed by atoms with Crippen molar-refractivity contribution < 1.29 is 33.7 Å². The third-order valence-electron chi connectivity index (χ3n) is 11.5. The molecule has 0 radical (unpaired) electrons. The van der Waals surface area contributed by atoms with Gasteiger partial charge in [0.25, 0.3) is 0 Å². The highest BCUT2D eigenvalue weighted by Gasteiger charge is 2.76. The quantitative estimate of drug-likeness (QED) is 0.505. The number of rotatable bonds is 5. The minimum absolute atomic E-state index is 0.0162. The second-order valence-corrected chi connectivity index (χ2v) is 13.9. The summed E-state index contributed by atoms with van der Waals surface area (Å²) in [6.07, 6.45) is 12.2. The maximum absolute atomic E-state index is 14.2. The van der Waals surface area contributed by atoms with Crippen molar-refractivity contribution in [2.45, 2.75) is 110 Å². The van der Waals surface area contributed by atoms with E-state index in [2.05, 4.69) is 13.8 Å². The van der Waals surface area contributed by atoms with E-state index >= 15 is 0 Å². The molecule has 1 heterocycles. The summed E-state index contributed by atoms with van der Waals surface area (Å²) in [5, 5.41) is 11.9. The van der Waals surface area contributed by atoms with Crippen LogP contribution in [-0.4, -0.2) is 53.3 Å². The molecule has 39 heavy (non-hydrogen) atoms. The number of Topliss-reactive ketones (excluding diaryl/α,β-unsaturated/α-hetero) is 1. The third-order valence-corrected chi connectivity index (χ3v) is 11.5. The molecule has 7 heteroatoms. The van der Waals surface area contributed by atoms with E-state index in [1.165, 1.54) is 6.42 Å². The minimum Gasteiger partial charge on any atom is -0.457 e. The fraction of sp³-hybridized carbons (Fsp3) is 0.781. The van der Waals surface area contributed by atoms with Gasteiger partial charge in [0.15, 0.2) is 24.3 Å². The van der Waals surface area contributed by atoms with Gasteiger partial charge in [0.05, 0.1) is 18.1 Å². The van der Waals surface area contributed by atoms with E-state index in [-0.39, 0.29) is 53.2 Å². The van der Waals surface area contributed by atoms with Crippen LogP contribution >= 0.6 is 0 Å². The van der Waals surface area contributed by atoms with Gasteiger partial charge in [0.2, 0.25) is 5.78 Å². The van der Waals surface area contributed by atoms with Gasteiger partial charge in [-0.2, -0.15) is 0 Å². The molecule has 6 aliphatic rings. The molecule has 0 bridgehead atoms. The van der Waals surface area contributed by atoms with Crippen LogP contribution in [0.2, 0.25) is 0 Å². The standard InChI is InChI=1S/C32H44O7/c1-18(2)28(36)37-17-25(35)32-26(38-29(39-32)19-8-6-5-7-9-19)15-23-22-11-10-20-14-21(33)12-13-30(20,3)27(22)24(34)16-31(23,32)4/h12-14,18-19,22-24,26-27,29,34H,5-11,15-17H2,1-4H3/t22?,23?,24-,26+,27?,29-,30-,31-,32+/m0/s1. The number of ether oxygens (including phenoxy) is 3. The normalized spacial score (nSPS) is 45.3. The number of ketones is 2. The Hall–Kier alpha value is -1.83.